The van der Waals surface area contributed by atoms with Crippen LogP contribution in [0.2, 0.25) is 0 Å². The van der Waals surface area contributed by atoms with Crippen LogP contribution >= 0.6 is 0 Å². The number of aromatic nitrogens is 2. The molecule has 1 saturated heterocycles. The van der Waals surface area contributed by atoms with E-state index in [1.54, 1.807) is 13.2 Å². The zero-order chi connectivity index (χ0) is 23.1. The fourth-order valence-electron chi connectivity index (χ4n) is 5.60. The lowest BCUT2D eigenvalue weighted by atomic mass is 9.90. The number of piperidine rings is 1. The summed E-state index contributed by atoms with van der Waals surface area (Å²) in [5.74, 6) is 0.0390. The van der Waals surface area contributed by atoms with E-state index in [0.29, 0.717) is 12.1 Å². The highest BCUT2D eigenvalue weighted by atomic mass is 19.1. The van der Waals surface area contributed by atoms with Gasteiger partial charge in [0.2, 0.25) is 0 Å². The van der Waals surface area contributed by atoms with Gasteiger partial charge >= 0.3 is 0 Å². The molecule has 1 fully saturated rings. The number of methoxy groups -OCH3 is 1. The van der Waals surface area contributed by atoms with Gasteiger partial charge in [-0.1, -0.05) is 12.1 Å². The summed E-state index contributed by atoms with van der Waals surface area (Å²) in [5.41, 5.74) is 3.12. The molecule has 7 nitrogen and oxygen atoms in total. The van der Waals surface area contributed by atoms with Crippen molar-refractivity contribution in [3.8, 4) is 0 Å². The summed E-state index contributed by atoms with van der Waals surface area (Å²) in [6.07, 6.45) is 4.53. The number of hydrogen-bond donors (Lipinski definition) is 0. The second-order valence-electron chi connectivity index (χ2n) is 9.22. The molecule has 0 spiro atoms. The first-order valence-corrected chi connectivity index (χ1v) is 11.8. The normalized spacial score (nSPS) is 22.7. The second kappa shape index (κ2) is 8.91. The molecule has 8 heteroatoms. The minimum Gasteiger partial charge on any atom is -0.373 e. The maximum atomic E-state index is 13.5. The molecule has 0 bridgehead atoms. The van der Waals surface area contributed by atoms with E-state index < -0.39 is 0 Å². The Balaban J connectivity index is 1.39. The molecule has 0 radical (unpaired) electrons. The number of fused-ring (bicyclic) bond motifs is 2. The van der Waals surface area contributed by atoms with Gasteiger partial charge in [-0.25, -0.2) is 4.39 Å². The van der Waals surface area contributed by atoms with Crippen LogP contribution in [0.25, 0.3) is 11.0 Å². The van der Waals surface area contributed by atoms with E-state index in [4.69, 9.17) is 9.26 Å². The maximum absolute atomic E-state index is 13.5. The van der Waals surface area contributed by atoms with Crippen molar-refractivity contribution in [3.05, 3.63) is 53.2 Å². The monoisotopic (exact) mass is 454 g/mol. The summed E-state index contributed by atoms with van der Waals surface area (Å²) < 4.78 is 27.0. The van der Waals surface area contributed by atoms with Crippen LogP contribution in [0, 0.1) is 5.82 Å². The minimum atomic E-state index is -0.315. The van der Waals surface area contributed by atoms with Crippen molar-refractivity contribution in [1.29, 1.82) is 0 Å². The molecule has 33 heavy (non-hydrogen) atoms. The Kier molecular flexibility index (Phi) is 5.97. The molecule has 0 N–H and O–H groups in total. The van der Waals surface area contributed by atoms with E-state index in [1.807, 2.05) is 28.8 Å². The number of carbonyl (C=O) groups is 1. The summed E-state index contributed by atoms with van der Waals surface area (Å²) >= 11 is 0. The average Bonchev–Trinajstić information content (AvgIpc) is 3.38. The predicted molar refractivity (Wildman–Crippen MR) is 123 cm³/mol. The maximum Gasteiger partial charge on any atom is 0.255 e. The van der Waals surface area contributed by atoms with Crippen LogP contribution in [0.3, 0.4) is 0 Å². The molecule has 2 unspecified atom stereocenters. The lowest BCUT2D eigenvalue weighted by Crippen LogP contribution is -2.50. The average molecular weight is 455 g/mol. The summed E-state index contributed by atoms with van der Waals surface area (Å²) in [5, 5.41) is 5.18. The third kappa shape index (κ3) is 3.85. The van der Waals surface area contributed by atoms with E-state index in [-0.39, 0.29) is 29.8 Å². The third-order valence-corrected chi connectivity index (χ3v) is 7.26. The Bertz CT molecular complexity index is 1150. The third-order valence-electron chi connectivity index (χ3n) is 7.26. The van der Waals surface area contributed by atoms with Gasteiger partial charge in [0.1, 0.15) is 11.9 Å². The number of benzene rings is 1. The molecular formula is C25H31FN4O3. The van der Waals surface area contributed by atoms with Crippen molar-refractivity contribution < 1.29 is 18.4 Å². The largest absolute Gasteiger partial charge is 0.373 e. The molecule has 2 aliphatic heterocycles. The molecule has 5 rings (SSSR count). The Hall–Kier alpha value is -2.71. The second-order valence-corrected chi connectivity index (χ2v) is 9.22. The molecule has 2 atom stereocenters. The van der Waals surface area contributed by atoms with Gasteiger partial charge in [-0.15, -0.1) is 0 Å². The highest BCUT2D eigenvalue weighted by molar-refractivity contribution is 5.96. The standard InChI is InChI=1S/C25H31FN4O3/c1-4-10-30-15-20(24(32-3)23-19(25(30)31)9-11-28(23)2)29-12-7-16(8-13-29)22-18-6-5-17(26)14-21(18)33-27-22/h5-6,9,11,14,16,20,24H,4,7-8,10,12-13,15H2,1-3H3. The predicted octanol–water partition coefficient (Wildman–Crippen LogP) is 4.11. The first-order chi connectivity index (χ1) is 16.0. The molecule has 1 aromatic carbocycles. The number of likely N-dealkylation sites (tertiary alicyclic amines) is 1. The van der Waals surface area contributed by atoms with Crippen molar-refractivity contribution in [3.63, 3.8) is 0 Å². The van der Waals surface area contributed by atoms with Gasteiger partial charge < -0.3 is 18.7 Å². The van der Waals surface area contributed by atoms with Crippen LogP contribution in [-0.2, 0) is 11.8 Å². The van der Waals surface area contributed by atoms with Gasteiger partial charge in [-0.05, 0) is 50.6 Å². The molecule has 0 saturated carbocycles. The molecule has 1 amide bonds. The number of nitrogens with zero attached hydrogens (tertiary/aromatic N) is 4. The molecule has 176 valence electrons. The molecule has 2 aliphatic rings. The van der Waals surface area contributed by atoms with Crippen molar-refractivity contribution in [2.45, 2.75) is 44.2 Å². The quantitative estimate of drug-likeness (QED) is 0.581. The fraction of sp³-hybridized carbons (Fsp3) is 0.520. The van der Waals surface area contributed by atoms with E-state index in [2.05, 4.69) is 17.0 Å². The Morgan fingerprint density at radius 1 is 1.24 bits per heavy atom. The van der Waals surface area contributed by atoms with E-state index in [1.165, 1.54) is 12.1 Å². The number of amides is 1. The van der Waals surface area contributed by atoms with E-state index >= 15 is 0 Å². The van der Waals surface area contributed by atoms with Gasteiger partial charge in [0.15, 0.2) is 5.58 Å². The lowest BCUT2D eigenvalue weighted by Gasteiger charge is -2.41. The van der Waals surface area contributed by atoms with Crippen LogP contribution in [-0.4, -0.2) is 64.8 Å². The highest BCUT2D eigenvalue weighted by Gasteiger charge is 2.41. The van der Waals surface area contributed by atoms with Crippen molar-refractivity contribution >= 4 is 16.9 Å². The number of carbonyl (C=O) groups excluding carboxylic acids is 1. The smallest absolute Gasteiger partial charge is 0.255 e. The first-order valence-electron chi connectivity index (χ1n) is 11.8. The van der Waals surface area contributed by atoms with Crippen molar-refractivity contribution in [1.82, 2.24) is 19.5 Å². The summed E-state index contributed by atoms with van der Waals surface area (Å²) in [6, 6.07) is 6.61. The number of rotatable bonds is 5. The summed E-state index contributed by atoms with van der Waals surface area (Å²) in [7, 11) is 3.72. The lowest BCUT2D eigenvalue weighted by molar-refractivity contribution is -0.00972. The van der Waals surface area contributed by atoms with Crippen LogP contribution in [0.4, 0.5) is 4.39 Å². The highest BCUT2D eigenvalue weighted by Crippen LogP contribution is 2.37. The van der Waals surface area contributed by atoms with E-state index in [0.717, 1.165) is 61.2 Å². The molecule has 0 aliphatic carbocycles. The van der Waals surface area contributed by atoms with Crippen molar-refractivity contribution in [2.75, 3.05) is 33.3 Å². The zero-order valence-corrected chi connectivity index (χ0v) is 19.5. The van der Waals surface area contributed by atoms with Gasteiger partial charge in [0, 0.05) is 50.8 Å². The number of hydrogen-bond acceptors (Lipinski definition) is 5. The van der Waals surface area contributed by atoms with Crippen LogP contribution < -0.4 is 0 Å². The molecular weight excluding hydrogens is 423 g/mol. The van der Waals surface area contributed by atoms with Crippen LogP contribution in [0.5, 0.6) is 0 Å². The molecule has 2 aromatic heterocycles. The van der Waals surface area contributed by atoms with E-state index in [9.17, 15) is 9.18 Å². The summed E-state index contributed by atoms with van der Waals surface area (Å²) in [6.45, 7) is 5.23. The first kappa shape index (κ1) is 22.1. The molecule has 4 heterocycles. The Morgan fingerprint density at radius 2 is 2.03 bits per heavy atom. The van der Waals surface area contributed by atoms with Crippen LogP contribution in [0.15, 0.2) is 35.0 Å². The SMILES string of the molecule is CCCN1CC(N2CCC(c3noc4cc(F)ccc34)CC2)C(OC)c2c(ccn2C)C1=O. The Labute approximate surface area is 193 Å². The topological polar surface area (TPSA) is 63.7 Å². The van der Waals surface area contributed by atoms with Crippen LogP contribution in [0.1, 0.15) is 60.0 Å². The zero-order valence-electron chi connectivity index (χ0n) is 19.5. The number of halogens is 1. The summed E-state index contributed by atoms with van der Waals surface area (Å²) in [4.78, 5) is 17.7. The Morgan fingerprint density at radius 3 is 2.76 bits per heavy atom. The minimum absolute atomic E-state index is 0.0736. The number of aryl methyl sites for hydroxylation is 1. The molecule has 3 aromatic rings. The van der Waals surface area contributed by atoms with Gasteiger partial charge in [0.05, 0.1) is 23.0 Å². The van der Waals surface area contributed by atoms with Gasteiger partial charge in [0.25, 0.3) is 5.91 Å². The van der Waals surface area contributed by atoms with Gasteiger partial charge in [-0.3, -0.25) is 9.69 Å². The van der Waals surface area contributed by atoms with Gasteiger partial charge in [-0.2, -0.15) is 0 Å². The number of ether oxygens (including phenoxy) is 1. The van der Waals surface area contributed by atoms with Crippen molar-refractivity contribution in [2.24, 2.45) is 7.05 Å². The fourth-order valence-corrected chi connectivity index (χ4v) is 5.60.